The first kappa shape index (κ1) is 22.0. The quantitative estimate of drug-likeness (QED) is 0.616. The van der Waals surface area contributed by atoms with E-state index < -0.39 is 0 Å². The van der Waals surface area contributed by atoms with Crippen LogP contribution < -0.4 is 16.0 Å². The van der Waals surface area contributed by atoms with Gasteiger partial charge in [0.05, 0.1) is 10.9 Å². The van der Waals surface area contributed by atoms with E-state index >= 15 is 0 Å². The highest BCUT2D eigenvalue weighted by Gasteiger charge is 2.21. The summed E-state index contributed by atoms with van der Waals surface area (Å²) in [5.74, 6) is 0.437. The van der Waals surface area contributed by atoms with Crippen molar-refractivity contribution < 1.29 is 13.9 Å². The number of halogens is 2. The van der Waals surface area contributed by atoms with Crippen LogP contribution in [0, 0.1) is 17.7 Å². The van der Waals surface area contributed by atoms with Gasteiger partial charge in [0, 0.05) is 43.8 Å². The number of anilines is 2. The van der Waals surface area contributed by atoms with Crippen LogP contribution >= 0.6 is 11.6 Å². The van der Waals surface area contributed by atoms with Gasteiger partial charge in [-0.15, -0.1) is 0 Å². The van der Waals surface area contributed by atoms with Gasteiger partial charge in [0.2, 0.25) is 5.91 Å². The standard InChI is InChI=1S/C23H28ClFN4O2/c24-21-14-28-22(29-23(30)16-2-1-5-26-13-16)11-20(21)17-8-18(25)10-19(9-17)27-12-15-3-6-31-7-4-15/h8-11,14-16,26-27H,1-7,12-13H2,(H,28,29,30). The molecule has 1 amide bonds. The first-order valence-electron chi connectivity index (χ1n) is 10.9. The largest absolute Gasteiger partial charge is 0.385 e. The molecule has 1 aromatic heterocycles. The van der Waals surface area contributed by atoms with Crippen LogP contribution in [0.15, 0.2) is 30.5 Å². The van der Waals surface area contributed by atoms with E-state index in [1.807, 2.05) is 6.07 Å². The molecule has 4 rings (SSSR count). The molecule has 1 atom stereocenters. The Morgan fingerprint density at radius 2 is 2.06 bits per heavy atom. The number of rotatable bonds is 6. The lowest BCUT2D eigenvalue weighted by Crippen LogP contribution is -2.37. The molecule has 0 bridgehead atoms. The minimum absolute atomic E-state index is 0.0639. The molecule has 2 aromatic rings. The van der Waals surface area contributed by atoms with E-state index in [1.165, 1.54) is 18.3 Å². The Balaban J connectivity index is 1.49. The van der Waals surface area contributed by atoms with Crippen molar-refractivity contribution in [2.45, 2.75) is 25.7 Å². The van der Waals surface area contributed by atoms with E-state index in [4.69, 9.17) is 16.3 Å². The zero-order valence-corrected chi connectivity index (χ0v) is 18.2. The maximum atomic E-state index is 14.4. The number of piperidine rings is 1. The Labute approximate surface area is 186 Å². The monoisotopic (exact) mass is 446 g/mol. The molecule has 2 aliphatic rings. The summed E-state index contributed by atoms with van der Waals surface area (Å²) < 4.78 is 19.8. The fourth-order valence-corrected chi connectivity index (χ4v) is 4.30. The lowest BCUT2D eigenvalue weighted by atomic mass is 9.99. The second-order valence-corrected chi connectivity index (χ2v) is 8.65. The molecule has 6 nitrogen and oxygen atoms in total. The average molecular weight is 447 g/mol. The fourth-order valence-electron chi connectivity index (χ4n) is 4.09. The molecule has 3 N–H and O–H groups in total. The van der Waals surface area contributed by atoms with E-state index in [2.05, 4.69) is 20.9 Å². The van der Waals surface area contributed by atoms with Gasteiger partial charge in [-0.05, 0) is 68.0 Å². The second-order valence-electron chi connectivity index (χ2n) is 8.25. The Hall–Kier alpha value is -2.22. The molecular formula is C23H28ClFN4O2. The number of hydrogen-bond donors (Lipinski definition) is 3. The van der Waals surface area contributed by atoms with Gasteiger partial charge in [-0.2, -0.15) is 0 Å². The molecule has 0 aliphatic carbocycles. The predicted octanol–water partition coefficient (Wildman–Crippen LogP) is 4.32. The van der Waals surface area contributed by atoms with Crippen molar-refractivity contribution in [1.82, 2.24) is 10.3 Å². The summed E-state index contributed by atoms with van der Waals surface area (Å²) in [6, 6.07) is 6.50. The number of carbonyl (C=O) groups is 1. The van der Waals surface area contributed by atoms with E-state index in [9.17, 15) is 9.18 Å². The summed E-state index contributed by atoms with van der Waals surface area (Å²) in [5.41, 5.74) is 1.97. The molecule has 0 saturated carbocycles. The van der Waals surface area contributed by atoms with Crippen molar-refractivity contribution >= 4 is 29.0 Å². The SMILES string of the molecule is O=C(Nc1cc(-c2cc(F)cc(NCC3CCOCC3)c2)c(Cl)cn1)C1CCCNC1. The lowest BCUT2D eigenvalue weighted by Gasteiger charge is -2.23. The molecule has 1 aromatic carbocycles. The number of aromatic nitrogens is 1. The van der Waals surface area contributed by atoms with Crippen LogP contribution in [-0.2, 0) is 9.53 Å². The Kier molecular flexibility index (Phi) is 7.37. The smallest absolute Gasteiger partial charge is 0.229 e. The second kappa shape index (κ2) is 10.4. The maximum absolute atomic E-state index is 14.4. The summed E-state index contributed by atoms with van der Waals surface area (Å²) in [6.45, 7) is 3.93. The molecule has 2 fully saturated rings. The summed E-state index contributed by atoms with van der Waals surface area (Å²) >= 11 is 6.38. The van der Waals surface area contributed by atoms with Gasteiger partial charge in [-0.1, -0.05) is 11.6 Å². The van der Waals surface area contributed by atoms with Gasteiger partial charge in [0.25, 0.3) is 0 Å². The average Bonchev–Trinajstić information content (AvgIpc) is 2.80. The summed E-state index contributed by atoms with van der Waals surface area (Å²) in [5, 5.41) is 9.86. The van der Waals surface area contributed by atoms with Crippen molar-refractivity contribution in [3.63, 3.8) is 0 Å². The molecule has 0 radical (unpaired) electrons. The minimum atomic E-state index is -0.348. The van der Waals surface area contributed by atoms with Crippen LogP contribution in [0.3, 0.4) is 0 Å². The topological polar surface area (TPSA) is 75.3 Å². The number of pyridine rings is 1. The Morgan fingerprint density at radius 1 is 1.23 bits per heavy atom. The minimum Gasteiger partial charge on any atom is -0.385 e. The first-order chi connectivity index (χ1) is 15.1. The highest BCUT2D eigenvalue weighted by atomic mass is 35.5. The van der Waals surface area contributed by atoms with Crippen LogP contribution in [0.25, 0.3) is 11.1 Å². The maximum Gasteiger partial charge on any atom is 0.229 e. The fraction of sp³-hybridized carbons (Fsp3) is 0.478. The van der Waals surface area contributed by atoms with E-state index in [-0.39, 0.29) is 17.6 Å². The normalized spacial score (nSPS) is 19.7. The first-order valence-corrected chi connectivity index (χ1v) is 11.3. The zero-order valence-electron chi connectivity index (χ0n) is 17.4. The summed E-state index contributed by atoms with van der Waals surface area (Å²) in [4.78, 5) is 16.8. The third-order valence-corrected chi connectivity index (χ3v) is 6.22. The van der Waals surface area contributed by atoms with Gasteiger partial charge in [0.1, 0.15) is 11.6 Å². The van der Waals surface area contributed by atoms with Crippen molar-refractivity contribution in [3.05, 3.63) is 41.3 Å². The van der Waals surface area contributed by atoms with Crippen LogP contribution in [0.4, 0.5) is 15.9 Å². The number of ether oxygens (including phenoxy) is 1. The van der Waals surface area contributed by atoms with E-state index in [1.54, 1.807) is 6.07 Å². The van der Waals surface area contributed by atoms with Gasteiger partial charge < -0.3 is 20.7 Å². The number of hydrogen-bond acceptors (Lipinski definition) is 5. The number of benzene rings is 1. The summed E-state index contributed by atoms with van der Waals surface area (Å²) in [7, 11) is 0. The van der Waals surface area contributed by atoms with Crippen molar-refractivity contribution in [2.75, 3.05) is 43.5 Å². The van der Waals surface area contributed by atoms with Gasteiger partial charge in [-0.25, -0.2) is 9.37 Å². The molecule has 166 valence electrons. The van der Waals surface area contributed by atoms with Crippen LogP contribution in [0.5, 0.6) is 0 Å². The predicted molar refractivity (Wildman–Crippen MR) is 121 cm³/mol. The van der Waals surface area contributed by atoms with Crippen molar-refractivity contribution in [1.29, 1.82) is 0 Å². The number of nitrogens with zero attached hydrogens (tertiary/aromatic N) is 1. The molecule has 2 aliphatic heterocycles. The number of carbonyl (C=O) groups excluding carboxylic acids is 1. The Bertz CT molecular complexity index is 914. The molecule has 8 heteroatoms. The Morgan fingerprint density at radius 3 is 2.84 bits per heavy atom. The zero-order chi connectivity index (χ0) is 21.6. The van der Waals surface area contributed by atoms with Gasteiger partial charge in [0.15, 0.2) is 0 Å². The molecule has 31 heavy (non-hydrogen) atoms. The molecule has 0 spiro atoms. The summed E-state index contributed by atoms with van der Waals surface area (Å²) in [6.07, 6.45) is 5.33. The molecule has 2 saturated heterocycles. The van der Waals surface area contributed by atoms with Crippen molar-refractivity contribution in [3.8, 4) is 11.1 Å². The van der Waals surface area contributed by atoms with Crippen LogP contribution in [0.1, 0.15) is 25.7 Å². The van der Waals surface area contributed by atoms with Crippen LogP contribution in [0.2, 0.25) is 5.02 Å². The van der Waals surface area contributed by atoms with Gasteiger partial charge in [-0.3, -0.25) is 4.79 Å². The third-order valence-electron chi connectivity index (χ3n) is 5.92. The van der Waals surface area contributed by atoms with Gasteiger partial charge >= 0.3 is 0 Å². The van der Waals surface area contributed by atoms with E-state index in [0.29, 0.717) is 40.1 Å². The third kappa shape index (κ3) is 5.93. The van der Waals surface area contributed by atoms with E-state index in [0.717, 1.165) is 52.0 Å². The van der Waals surface area contributed by atoms with Crippen molar-refractivity contribution in [2.24, 2.45) is 11.8 Å². The van der Waals surface area contributed by atoms with Crippen LogP contribution in [-0.4, -0.2) is 43.7 Å². The molecule has 3 heterocycles. The highest BCUT2D eigenvalue weighted by molar-refractivity contribution is 6.33. The molecule has 1 unspecified atom stereocenters. The highest BCUT2D eigenvalue weighted by Crippen LogP contribution is 2.32. The number of amides is 1. The number of nitrogens with one attached hydrogen (secondary N) is 3. The lowest BCUT2D eigenvalue weighted by molar-refractivity contribution is -0.120. The molecular weight excluding hydrogens is 419 g/mol.